The van der Waals surface area contributed by atoms with Crippen molar-refractivity contribution in [2.45, 2.75) is 32.7 Å². The monoisotopic (exact) mass is 275 g/mol. The standard InChI is InChI=1S/C16H25N3O/c1-3-10-19(14-8-9-17-11-14)12-16(20)18-15-7-5-4-6-13(15)2/h4-7,14,17H,3,8-12H2,1-2H3,(H,18,20). The van der Waals surface area contributed by atoms with Gasteiger partial charge in [-0.05, 0) is 44.5 Å². The second kappa shape index (κ2) is 7.41. The van der Waals surface area contributed by atoms with Crippen molar-refractivity contribution in [3.63, 3.8) is 0 Å². The predicted octanol–water partition coefficient (Wildman–Crippen LogP) is 2.01. The number of amides is 1. The van der Waals surface area contributed by atoms with E-state index in [-0.39, 0.29) is 5.91 Å². The summed E-state index contributed by atoms with van der Waals surface area (Å²) in [4.78, 5) is 14.5. The van der Waals surface area contributed by atoms with E-state index in [4.69, 9.17) is 0 Å². The van der Waals surface area contributed by atoms with Crippen LogP contribution in [0.2, 0.25) is 0 Å². The Hall–Kier alpha value is -1.39. The van der Waals surface area contributed by atoms with Crippen molar-refractivity contribution in [2.75, 3.05) is 31.5 Å². The van der Waals surface area contributed by atoms with Crippen molar-refractivity contribution >= 4 is 11.6 Å². The summed E-state index contributed by atoms with van der Waals surface area (Å²) in [5.74, 6) is 0.0830. The minimum Gasteiger partial charge on any atom is -0.325 e. The Morgan fingerprint density at radius 2 is 2.25 bits per heavy atom. The van der Waals surface area contributed by atoms with Gasteiger partial charge in [0.1, 0.15) is 0 Å². The summed E-state index contributed by atoms with van der Waals surface area (Å²) >= 11 is 0. The maximum absolute atomic E-state index is 12.2. The molecule has 0 aromatic heterocycles. The highest BCUT2D eigenvalue weighted by molar-refractivity contribution is 5.92. The molecule has 0 saturated carbocycles. The van der Waals surface area contributed by atoms with E-state index in [0.29, 0.717) is 12.6 Å². The fraction of sp³-hybridized carbons (Fsp3) is 0.562. The van der Waals surface area contributed by atoms with Crippen LogP contribution in [0.1, 0.15) is 25.3 Å². The van der Waals surface area contributed by atoms with Gasteiger partial charge in [-0.15, -0.1) is 0 Å². The molecule has 0 spiro atoms. The Balaban J connectivity index is 1.92. The van der Waals surface area contributed by atoms with Gasteiger partial charge in [0.25, 0.3) is 0 Å². The molecule has 0 aliphatic carbocycles. The van der Waals surface area contributed by atoms with Crippen molar-refractivity contribution < 1.29 is 4.79 Å². The number of carbonyl (C=O) groups excluding carboxylic acids is 1. The topological polar surface area (TPSA) is 44.4 Å². The summed E-state index contributed by atoms with van der Waals surface area (Å²) < 4.78 is 0. The summed E-state index contributed by atoms with van der Waals surface area (Å²) in [5, 5.41) is 6.39. The second-order valence-corrected chi connectivity index (χ2v) is 5.48. The number of rotatable bonds is 6. The Labute approximate surface area is 121 Å². The van der Waals surface area contributed by atoms with Crippen LogP contribution in [0.3, 0.4) is 0 Å². The fourth-order valence-electron chi connectivity index (χ4n) is 2.72. The number of carbonyl (C=O) groups is 1. The summed E-state index contributed by atoms with van der Waals surface area (Å²) in [6, 6.07) is 8.40. The molecule has 1 atom stereocenters. The molecule has 110 valence electrons. The number of nitrogens with one attached hydrogen (secondary N) is 2. The Morgan fingerprint density at radius 1 is 1.45 bits per heavy atom. The molecule has 1 fully saturated rings. The Morgan fingerprint density at radius 3 is 2.90 bits per heavy atom. The van der Waals surface area contributed by atoms with Gasteiger partial charge in [0.05, 0.1) is 6.54 Å². The Kier molecular flexibility index (Phi) is 5.56. The van der Waals surface area contributed by atoms with Gasteiger partial charge in [0, 0.05) is 18.3 Å². The minimum absolute atomic E-state index is 0.0830. The van der Waals surface area contributed by atoms with E-state index in [1.165, 1.54) is 0 Å². The van der Waals surface area contributed by atoms with Gasteiger partial charge in [0.2, 0.25) is 5.91 Å². The average molecular weight is 275 g/mol. The third-order valence-electron chi connectivity index (χ3n) is 3.83. The zero-order valence-corrected chi connectivity index (χ0v) is 12.5. The van der Waals surface area contributed by atoms with Gasteiger partial charge < -0.3 is 10.6 Å². The molecular formula is C16H25N3O. The van der Waals surface area contributed by atoms with Crippen LogP contribution >= 0.6 is 0 Å². The van der Waals surface area contributed by atoms with E-state index < -0.39 is 0 Å². The molecule has 4 heteroatoms. The van der Waals surface area contributed by atoms with E-state index in [2.05, 4.69) is 22.5 Å². The molecule has 4 nitrogen and oxygen atoms in total. The van der Waals surface area contributed by atoms with Crippen molar-refractivity contribution in [3.05, 3.63) is 29.8 Å². The lowest BCUT2D eigenvalue weighted by molar-refractivity contribution is -0.117. The van der Waals surface area contributed by atoms with Crippen molar-refractivity contribution in [1.29, 1.82) is 0 Å². The van der Waals surface area contributed by atoms with Crippen LogP contribution in [-0.2, 0) is 4.79 Å². The fourth-order valence-corrected chi connectivity index (χ4v) is 2.72. The quantitative estimate of drug-likeness (QED) is 0.834. The maximum Gasteiger partial charge on any atom is 0.238 e. The van der Waals surface area contributed by atoms with E-state index in [1.54, 1.807) is 0 Å². The van der Waals surface area contributed by atoms with Crippen molar-refractivity contribution in [1.82, 2.24) is 10.2 Å². The van der Waals surface area contributed by atoms with Gasteiger partial charge in [0.15, 0.2) is 0 Å². The number of aryl methyl sites for hydroxylation is 1. The van der Waals surface area contributed by atoms with Crippen LogP contribution in [0.15, 0.2) is 24.3 Å². The van der Waals surface area contributed by atoms with Crippen LogP contribution in [0, 0.1) is 6.92 Å². The molecule has 1 aliphatic rings. The number of nitrogens with zero attached hydrogens (tertiary/aromatic N) is 1. The number of para-hydroxylation sites is 1. The van der Waals surface area contributed by atoms with E-state index in [9.17, 15) is 4.79 Å². The number of hydrogen-bond donors (Lipinski definition) is 2. The van der Waals surface area contributed by atoms with Crippen molar-refractivity contribution in [2.24, 2.45) is 0 Å². The van der Waals surface area contributed by atoms with E-state index in [0.717, 1.165) is 43.7 Å². The third kappa shape index (κ3) is 4.05. The highest BCUT2D eigenvalue weighted by Gasteiger charge is 2.23. The molecule has 2 N–H and O–H groups in total. The van der Waals surface area contributed by atoms with Crippen LogP contribution < -0.4 is 10.6 Å². The molecule has 1 heterocycles. The molecule has 1 aromatic rings. The highest BCUT2D eigenvalue weighted by atomic mass is 16.2. The van der Waals surface area contributed by atoms with Gasteiger partial charge >= 0.3 is 0 Å². The van der Waals surface area contributed by atoms with E-state index >= 15 is 0 Å². The third-order valence-corrected chi connectivity index (χ3v) is 3.83. The minimum atomic E-state index is 0.0830. The van der Waals surface area contributed by atoms with Gasteiger partial charge in [-0.3, -0.25) is 9.69 Å². The summed E-state index contributed by atoms with van der Waals surface area (Å²) in [7, 11) is 0. The zero-order chi connectivity index (χ0) is 14.4. The predicted molar refractivity (Wildman–Crippen MR) is 82.9 cm³/mol. The Bertz CT molecular complexity index is 441. The first-order valence-electron chi connectivity index (χ1n) is 7.51. The molecule has 1 unspecified atom stereocenters. The SMILES string of the molecule is CCCN(CC(=O)Nc1ccccc1C)C1CCNC1. The van der Waals surface area contributed by atoms with Crippen LogP contribution in [0.25, 0.3) is 0 Å². The molecule has 0 radical (unpaired) electrons. The molecule has 1 saturated heterocycles. The second-order valence-electron chi connectivity index (χ2n) is 5.48. The lowest BCUT2D eigenvalue weighted by atomic mass is 10.2. The number of anilines is 1. The number of benzene rings is 1. The van der Waals surface area contributed by atoms with Gasteiger partial charge in [-0.25, -0.2) is 0 Å². The van der Waals surface area contributed by atoms with Crippen LogP contribution in [-0.4, -0.2) is 43.0 Å². The normalized spacial score (nSPS) is 18.4. The molecular weight excluding hydrogens is 250 g/mol. The highest BCUT2D eigenvalue weighted by Crippen LogP contribution is 2.14. The summed E-state index contributed by atoms with van der Waals surface area (Å²) in [6.07, 6.45) is 2.21. The first kappa shape index (κ1) is 15.0. The molecule has 1 amide bonds. The van der Waals surface area contributed by atoms with Gasteiger partial charge in [-0.2, -0.15) is 0 Å². The van der Waals surface area contributed by atoms with Crippen LogP contribution in [0.5, 0.6) is 0 Å². The zero-order valence-electron chi connectivity index (χ0n) is 12.5. The smallest absolute Gasteiger partial charge is 0.238 e. The largest absolute Gasteiger partial charge is 0.325 e. The molecule has 1 aromatic carbocycles. The summed E-state index contributed by atoms with van der Waals surface area (Å²) in [6.45, 7) is 7.69. The molecule has 2 rings (SSSR count). The maximum atomic E-state index is 12.2. The van der Waals surface area contributed by atoms with Crippen LogP contribution in [0.4, 0.5) is 5.69 Å². The summed E-state index contributed by atoms with van der Waals surface area (Å²) in [5.41, 5.74) is 2.02. The molecule has 20 heavy (non-hydrogen) atoms. The number of hydrogen-bond acceptors (Lipinski definition) is 3. The molecule has 0 bridgehead atoms. The average Bonchev–Trinajstić information content (AvgIpc) is 2.95. The first-order chi connectivity index (χ1) is 9.70. The van der Waals surface area contributed by atoms with Gasteiger partial charge in [-0.1, -0.05) is 25.1 Å². The lowest BCUT2D eigenvalue weighted by Gasteiger charge is -2.27. The molecule has 1 aliphatic heterocycles. The van der Waals surface area contributed by atoms with Crippen molar-refractivity contribution in [3.8, 4) is 0 Å². The lowest BCUT2D eigenvalue weighted by Crippen LogP contribution is -2.42. The van der Waals surface area contributed by atoms with E-state index in [1.807, 2.05) is 31.2 Å². The first-order valence-corrected chi connectivity index (χ1v) is 7.51.